The molecule has 1 atom stereocenters. The highest BCUT2D eigenvalue weighted by atomic mass is 35.5. The van der Waals surface area contributed by atoms with Crippen LogP contribution in [0.2, 0.25) is 0 Å². The molecule has 0 radical (unpaired) electrons. The summed E-state index contributed by atoms with van der Waals surface area (Å²) in [7, 11) is 0. The Morgan fingerprint density at radius 2 is 2.40 bits per heavy atom. The third kappa shape index (κ3) is 2.25. The largest absolute Gasteiger partial charge is 0.322 e. The summed E-state index contributed by atoms with van der Waals surface area (Å²) in [4.78, 5) is 0. The van der Waals surface area contributed by atoms with Crippen LogP contribution in [0.15, 0.2) is 16.8 Å². The number of hydrogen-bond donors (Lipinski definition) is 1. The molecule has 58 valence electrons. The van der Waals surface area contributed by atoms with Crippen molar-refractivity contribution in [2.45, 2.75) is 6.04 Å². The normalized spacial score (nSPS) is 12.2. The smallest absolute Gasteiger partial charge is 0.109 e. The summed E-state index contributed by atoms with van der Waals surface area (Å²) >= 11 is 1.54. The zero-order valence-corrected chi connectivity index (χ0v) is 6.92. The average Bonchev–Trinajstić information content (AvgIpc) is 2.37. The Bertz CT molecular complexity index is 166. The van der Waals surface area contributed by atoms with Crippen LogP contribution >= 0.6 is 23.7 Å². The minimum absolute atomic E-state index is 0. The second kappa shape index (κ2) is 4.66. The quantitative estimate of drug-likeness (QED) is 0.744. The lowest BCUT2D eigenvalue weighted by molar-refractivity contribution is 0.438. The minimum Gasteiger partial charge on any atom is -0.322 e. The summed E-state index contributed by atoms with van der Waals surface area (Å²) in [6, 6.07) is 1.42. The van der Waals surface area contributed by atoms with Gasteiger partial charge in [-0.15, -0.1) is 12.4 Å². The minimum atomic E-state index is -0.475. The van der Waals surface area contributed by atoms with Gasteiger partial charge in [-0.2, -0.15) is 11.3 Å². The Kier molecular flexibility index (Phi) is 4.60. The zero-order chi connectivity index (χ0) is 6.69. The summed E-state index contributed by atoms with van der Waals surface area (Å²) in [6.07, 6.45) is 0. The van der Waals surface area contributed by atoms with Gasteiger partial charge in [-0.05, 0) is 22.4 Å². The lowest BCUT2D eigenvalue weighted by atomic mass is 10.2. The second-order valence-corrected chi connectivity index (χ2v) is 2.60. The number of rotatable bonds is 2. The third-order valence-corrected chi connectivity index (χ3v) is 1.84. The van der Waals surface area contributed by atoms with E-state index in [-0.39, 0.29) is 12.4 Å². The standard InChI is InChI=1S/C6H8FNS.ClH/c7-3-6(8)5-1-2-9-4-5;/h1-2,4,6H,3,8H2;1H/t6-;/m0./s1. The van der Waals surface area contributed by atoms with Crippen LogP contribution in [0.1, 0.15) is 11.6 Å². The summed E-state index contributed by atoms with van der Waals surface area (Å²) < 4.78 is 11.8. The maximum atomic E-state index is 11.8. The van der Waals surface area contributed by atoms with Crippen LogP contribution in [-0.4, -0.2) is 6.67 Å². The predicted octanol–water partition coefficient (Wildman–Crippen LogP) is 2.14. The summed E-state index contributed by atoms with van der Waals surface area (Å²) in [5, 5.41) is 3.76. The lowest BCUT2D eigenvalue weighted by Gasteiger charge is -2.00. The molecular weight excluding hydrogens is 173 g/mol. The molecule has 4 heteroatoms. The third-order valence-electron chi connectivity index (χ3n) is 1.14. The number of halogens is 2. The van der Waals surface area contributed by atoms with E-state index in [1.54, 1.807) is 0 Å². The Balaban J connectivity index is 0.000000810. The number of hydrogen-bond acceptors (Lipinski definition) is 2. The van der Waals surface area contributed by atoms with E-state index in [9.17, 15) is 4.39 Å². The molecular formula is C6H9ClFNS. The molecule has 1 rings (SSSR count). The monoisotopic (exact) mass is 181 g/mol. The Labute approximate surface area is 69.5 Å². The van der Waals surface area contributed by atoms with Crippen molar-refractivity contribution in [2.24, 2.45) is 5.73 Å². The van der Waals surface area contributed by atoms with Gasteiger partial charge in [-0.3, -0.25) is 0 Å². The first kappa shape index (κ1) is 9.88. The molecule has 0 bridgehead atoms. The molecule has 0 spiro atoms. The highest BCUT2D eigenvalue weighted by Crippen LogP contribution is 2.13. The molecule has 0 amide bonds. The van der Waals surface area contributed by atoms with E-state index in [0.29, 0.717) is 0 Å². The maximum absolute atomic E-state index is 11.8. The fourth-order valence-corrected chi connectivity index (χ4v) is 1.30. The van der Waals surface area contributed by atoms with Crippen molar-refractivity contribution in [3.63, 3.8) is 0 Å². The first-order valence-electron chi connectivity index (χ1n) is 2.68. The molecule has 0 saturated heterocycles. The fourth-order valence-electron chi connectivity index (χ4n) is 0.575. The number of alkyl halides is 1. The van der Waals surface area contributed by atoms with Crippen LogP contribution in [0, 0.1) is 0 Å². The van der Waals surface area contributed by atoms with Crippen molar-refractivity contribution in [3.8, 4) is 0 Å². The Hall–Kier alpha value is -0.120. The molecule has 10 heavy (non-hydrogen) atoms. The lowest BCUT2D eigenvalue weighted by Crippen LogP contribution is -2.10. The van der Waals surface area contributed by atoms with E-state index in [1.165, 1.54) is 11.3 Å². The first-order valence-corrected chi connectivity index (χ1v) is 3.62. The van der Waals surface area contributed by atoms with Crippen LogP contribution in [0.3, 0.4) is 0 Å². The Morgan fingerprint density at radius 1 is 1.70 bits per heavy atom. The van der Waals surface area contributed by atoms with Crippen molar-refractivity contribution >= 4 is 23.7 Å². The average molecular weight is 182 g/mol. The van der Waals surface area contributed by atoms with Gasteiger partial charge in [-0.25, -0.2) is 4.39 Å². The molecule has 0 saturated carbocycles. The summed E-state index contributed by atoms with van der Waals surface area (Å²) in [5.74, 6) is 0. The van der Waals surface area contributed by atoms with Gasteiger partial charge >= 0.3 is 0 Å². The van der Waals surface area contributed by atoms with Gasteiger partial charge in [0.05, 0.1) is 6.04 Å². The van der Waals surface area contributed by atoms with Gasteiger partial charge in [0, 0.05) is 0 Å². The van der Waals surface area contributed by atoms with Gasteiger partial charge in [0.1, 0.15) is 6.67 Å². The van der Waals surface area contributed by atoms with E-state index in [4.69, 9.17) is 5.73 Å². The number of nitrogens with two attached hydrogens (primary N) is 1. The van der Waals surface area contributed by atoms with Crippen LogP contribution in [0.4, 0.5) is 4.39 Å². The Morgan fingerprint density at radius 3 is 2.80 bits per heavy atom. The second-order valence-electron chi connectivity index (χ2n) is 1.82. The van der Waals surface area contributed by atoms with Crippen LogP contribution in [0.25, 0.3) is 0 Å². The van der Waals surface area contributed by atoms with Crippen molar-refractivity contribution in [1.82, 2.24) is 0 Å². The van der Waals surface area contributed by atoms with Crippen molar-refractivity contribution in [2.75, 3.05) is 6.67 Å². The molecule has 1 aromatic rings. The maximum Gasteiger partial charge on any atom is 0.109 e. The van der Waals surface area contributed by atoms with Crippen LogP contribution < -0.4 is 5.73 Å². The predicted molar refractivity (Wildman–Crippen MR) is 44.5 cm³/mol. The molecule has 1 nitrogen and oxygen atoms in total. The molecule has 0 fully saturated rings. The number of thiophene rings is 1. The molecule has 0 aliphatic rings. The molecule has 1 aromatic heterocycles. The van der Waals surface area contributed by atoms with Crippen molar-refractivity contribution in [1.29, 1.82) is 0 Å². The highest BCUT2D eigenvalue weighted by molar-refractivity contribution is 7.07. The van der Waals surface area contributed by atoms with E-state index >= 15 is 0 Å². The first-order chi connectivity index (χ1) is 4.34. The molecule has 2 N–H and O–H groups in total. The summed E-state index contributed by atoms with van der Waals surface area (Å²) in [6.45, 7) is -0.475. The molecule has 0 unspecified atom stereocenters. The van der Waals surface area contributed by atoms with Gasteiger partial charge in [-0.1, -0.05) is 0 Å². The molecule has 1 heterocycles. The van der Waals surface area contributed by atoms with Crippen LogP contribution in [-0.2, 0) is 0 Å². The van der Waals surface area contributed by atoms with E-state index in [2.05, 4.69) is 0 Å². The van der Waals surface area contributed by atoms with Crippen molar-refractivity contribution in [3.05, 3.63) is 22.4 Å². The van der Waals surface area contributed by atoms with E-state index in [1.807, 2.05) is 16.8 Å². The molecule has 0 aliphatic carbocycles. The summed E-state index contributed by atoms with van der Waals surface area (Å²) in [5.41, 5.74) is 6.26. The SMILES string of the molecule is Cl.N[C@@H](CF)c1ccsc1. The fraction of sp³-hybridized carbons (Fsp3) is 0.333. The van der Waals surface area contributed by atoms with E-state index in [0.717, 1.165) is 5.56 Å². The van der Waals surface area contributed by atoms with E-state index < -0.39 is 12.7 Å². The zero-order valence-electron chi connectivity index (χ0n) is 5.29. The highest BCUT2D eigenvalue weighted by Gasteiger charge is 2.03. The van der Waals surface area contributed by atoms with Gasteiger partial charge < -0.3 is 5.73 Å². The topological polar surface area (TPSA) is 26.0 Å². The van der Waals surface area contributed by atoms with Gasteiger partial charge in [0.15, 0.2) is 0 Å². The van der Waals surface area contributed by atoms with Gasteiger partial charge in [0.25, 0.3) is 0 Å². The van der Waals surface area contributed by atoms with Crippen LogP contribution in [0.5, 0.6) is 0 Å². The molecule has 0 aliphatic heterocycles. The molecule has 0 aromatic carbocycles. The van der Waals surface area contributed by atoms with Gasteiger partial charge in [0.2, 0.25) is 0 Å². The van der Waals surface area contributed by atoms with Crippen molar-refractivity contribution < 1.29 is 4.39 Å².